The summed E-state index contributed by atoms with van der Waals surface area (Å²) in [5.41, 5.74) is 1.53. The fourth-order valence-electron chi connectivity index (χ4n) is 2.27. The standard InChI is InChI=1S/C20H13Cl3N2O3/c21-13-5-3-12(15(22)10-13)4-8-19(26)24-14-6-7-17(16(23)11-14)25-20(27)18-2-1-9-28-18/h1-11H,(H,24,26)(H,25,27). The normalized spacial score (nSPS) is 10.8. The van der Waals surface area contributed by atoms with Crippen LogP contribution in [0.25, 0.3) is 6.08 Å². The molecule has 5 nitrogen and oxygen atoms in total. The Balaban J connectivity index is 1.64. The maximum absolute atomic E-state index is 12.1. The topological polar surface area (TPSA) is 71.3 Å². The zero-order valence-corrected chi connectivity index (χ0v) is 16.5. The number of halogens is 3. The van der Waals surface area contributed by atoms with Gasteiger partial charge in [-0.2, -0.15) is 0 Å². The fraction of sp³-hybridized carbons (Fsp3) is 0. The summed E-state index contributed by atoms with van der Waals surface area (Å²) < 4.78 is 5.03. The van der Waals surface area contributed by atoms with E-state index in [1.54, 1.807) is 42.5 Å². The minimum absolute atomic E-state index is 0.166. The lowest BCUT2D eigenvalue weighted by atomic mass is 10.2. The first-order chi connectivity index (χ1) is 13.4. The molecule has 0 aliphatic carbocycles. The van der Waals surface area contributed by atoms with E-state index in [9.17, 15) is 9.59 Å². The van der Waals surface area contributed by atoms with Crippen molar-refractivity contribution in [1.82, 2.24) is 0 Å². The number of hydrogen-bond donors (Lipinski definition) is 2. The van der Waals surface area contributed by atoms with Crippen molar-refractivity contribution in [2.75, 3.05) is 10.6 Å². The van der Waals surface area contributed by atoms with Gasteiger partial charge in [0.2, 0.25) is 5.91 Å². The predicted octanol–water partition coefficient (Wildman–Crippen LogP) is 6.14. The van der Waals surface area contributed by atoms with Crippen molar-refractivity contribution in [2.24, 2.45) is 0 Å². The molecule has 0 fully saturated rings. The first kappa shape index (κ1) is 20.0. The van der Waals surface area contributed by atoms with Gasteiger partial charge in [-0.25, -0.2) is 0 Å². The van der Waals surface area contributed by atoms with E-state index in [4.69, 9.17) is 39.2 Å². The molecule has 2 N–H and O–H groups in total. The van der Waals surface area contributed by atoms with Crippen LogP contribution >= 0.6 is 34.8 Å². The van der Waals surface area contributed by atoms with Gasteiger partial charge in [0.15, 0.2) is 5.76 Å². The van der Waals surface area contributed by atoms with E-state index >= 15 is 0 Å². The molecule has 0 atom stereocenters. The van der Waals surface area contributed by atoms with Crippen LogP contribution in [0, 0.1) is 0 Å². The first-order valence-electron chi connectivity index (χ1n) is 8.01. The van der Waals surface area contributed by atoms with Crippen molar-refractivity contribution in [3.8, 4) is 0 Å². The van der Waals surface area contributed by atoms with Crippen LogP contribution in [0.1, 0.15) is 16.1 Å². The summed E-state index contributed by atoms with van der Waals surface area (Å²) in [5, 5.41) is 6.54. The highest BCUT2D eigenvalue weighted by Crippen LogP contribution is 2.26. The van der Waals surface area contributed by atoms with Gasteiger partial charge in [-0.05, 0) is 54.1 Å². The molecule has 0 aliphatic rings. The molecule has 0 saturated carbocycles. The van der Waals surface area contributed by atoms with Crippen molar-refractivity contribution < 1.29 is 14.0 Å². The molecule has 2 aromatic carbocycles. The summed E-state index contributed by atoms with van der Waals surface area (Å²) in [6.45, 7) is 0. The van der Waals surface area contributed by atoms with Crippen molar-refractivity contribution >= 4 is 64.1 Å². The molecule has 0 aliphatic heterocycles. The fourth-order valence-corrected chi connectivity index (χ4v) is 2.97. The number of carbonyl (C=O) groups excluding carboxylic acids is 2. The lowest BCUT2D eigenvalue weighted by Gasteiger charge is -2.08. The Morgan fingerprint density at radius 1 is 0.929 bits per heavy atom. The van der Waals surface area contributed by atoms with E-state index in [1.165, 1.54) is 24.5 Å². The Labute approximate surface area is 175 Å². The Kier molecular flexibility index (Phi) is 6.41. The van der Waals surface area contributed by atoms with Gasteiger partial charge in [-0.3, -0.25) is 9.59 Å². The molecule has 3 aromatic rings. The largest absolute Gasteiger partial charge is 0.459 e. The molecule has 1 aromatic heterocycles. The highest BCUT2D eigenvalue weighted by atomic mass is 35.5. The molecular weight excluding hydrogens is 423 g/mol. The van der Waals surface area contributed by atoms with Crippen LogP contribution in [0.2, 0.25) is 15.1 Å². The second kappa shape index (κ2) is 8.97. The molecule has 28 heavy (non-hydrogen) atoms. The Morgan fingerprint density at radius 2 is 1.75 bits per heavy atom. The van der Waals surface area contributed by atoms with E-state index in [1.807, 2.05) is 0 Å². The molecular formula is C20H13Cl3N2O3. The maximum Gasteiger partial charge on any atom is 0.291 e. The highest BCUT2D eigenvalue weighted by Gasteiger charge is 2.11. The molecule has 0 radical (unpaired) electrons. The lowest BCUT2D eigenvalue weighted by molar-refractivity contribution is -0.111. The minimum atomic E-state index is -0.425. The van der Waals surface area contributed by atoms with Gasteiger partial charge in [0.05, 0.1) is 17.0 Å². The molecule has 0 saturated heterocycles. The quantitative estimate of drug-likeness (QED) is 0.473. The molecule has 2 amide bonds. The third-order valence-electron chi connectivity index (χ3n) is 3.61. The summed E-state index contributed by atoms with van der Waals surface area (Å²) in [5.74, 6) is -0.625. The van der Waals surface area contributed by atoms with Crippen molar-refractivity contribution in [1.29, 1.82) is 0 Å². The minimum Gasteiger partial charge on any atom is -0.459 e. The zero-order valence-electron chi connectivity index (χ0n) is 14.2. The third kappa shape index (κ3) is 5.16. The highest BCUT2D eigenvalue weighted by molar-refractivity contribution is 6.35. The second-order valence-corrected chi connectivity index (χ2v) is 6.87. The molecule has 3 rings (SSSR count). The number of anilines is 2. The molecule has 0 unspecified atom stereocenters. The van der Waals surface area contributed by atoms with Crippen LogP contribution in [0.5, 0.6) is 0 Å². The van der Waals surface area contributed by atoms with E-state index in [-0.39, 0.29) is 16.7 Å². The van der Waals surface area contributed by atoms with Crippen molar-refractivity contribution in [2.45, 2.75) is 0 Å². The van der Waals surface area contributed by atoms with Gasteiger partial charge in [-0.15, -0.1) is 0 Å². The molecule has 0 bridgehead atoms. The first-order valence-corrected chi connectivity index (χ1v) is 9.14. The van der Waals surface area contributed by atoms with Crippen LogP contribution in [0.15, 0.2) is 65.3 Å². The van der Waals surface area contributed by atoms with Crippen molar-refractivity contribution in [3.05, 3.63) is 87.3 Å². The number of furan rings is 1. The molecule has 0 spiro atoms. The maximum atomic E-state index is 12.1. The van der Waals surface area contributed by atoms with E-state index in [0.717, 1.165) is 0 Å². The Bertz CT molecular complexity index is 1050. The number of nitrogens with one attached hydrogen (secondary N) is 2. The monoisotopic (exact) mass is 434 g/mol. The van der Waals surface area contributed by atoms with E-state index in [2.05, 4.69) is 10.6 Å². The van der Waals surface area contributed by atoms with Gasteiger partial charge in [-0.1, -0.05) is 40.9 Å². The molecule has 1 heterocycles. The van der Waals surface area contributed by atoms with Gasteiger partial charge in [0.25, 0.3) is 5.91 Å². The summed E-state index contributed by atoms with van der Waals surface area (Å²) in [7, 11) is 0. The van der Waals surface area contributed by atoms with Gasteiger partial charge in [0, 0.05) is 21.8 Å². The lowest BCUT2D eigenvalue weighted by Crippen LogP contribution is -2.12. The van der Waals surface area contributed by atoms with Crippen LogP contribution in [-0.2, 0) is 4.79 Å². The number of benzene rings is 2. The van der Waals surface area contributed by atoms with Gasteiger partial charge >= 0.3 is 0 Å². The van der Waals surface area contributed by atoms with Crippen LogP contribution in [-0.4, -0.2) is 11.8 Å². The Morgan fingerprint density at radius 3 is 2.43 bits per heavy atom. The molecule has 8 heteroatoms. The van der Waals surface area contributed by atoms with Gasteiger partial charge < -0.3 is 15.1 Å². The smallest absolute Gasteiger partial charge is 0.291 e. The van der Waals surface area contributed by atoms with E-state index in [0.29, 0.717) is 27.0 Å². The summed E-state index contributed by atoms with van der Waals surface area (Å²) >= 11 is 18.1. The summed E-state index contributed by atoms with van der Waals surface area (Å²) in [6.07, 6.45) is 4.32. The third-order valence-corrected chi connectivity index (χ3v) is 4.48. The number of hydrogen-bond acceptors (Lipinski definition) is 3. The number of amides is 2. The average molecular weight is 436 g/mol. The second-order valence-electron chi connectivity index (χ2n) is 5.61. The summed E-state index contributed by atoms with van der Waals surface area (Å²) in [4.78, 5) is 24.1. The van der Waals surface area contributed by atoms with Crippen LogP contribution in [0.3, 0.4) is 0 Å². The summed E-state index contributed by atoms with van der Waals surface area (Å²) in [6, 6.07) is 12.9. The number of rotatable bonds is 5. The van der Waals surface area contributed by atoms with Gasteiger partial charge in [0.1, 0.15) is 0 Å². The van der Waals surface area contributed by atoms with Crippen LogP contribution in [0.4, 0.5) is 11.4 Å². The predicted molar refractivity (Wildman–Crippen MR) is 112 cm³/mol. The van der Waals surface area contributed by atoms with E-state index < -0.39 is 5.91 Å². The Hall–Kier alpha value is -2.73. The average Bonchev–Trinajstić information content (AvgIpc) is 3.18. The zero-order chi connectivity index (χ0) is 20.1. The number of carbonyl (C=O) groups is 2. The van der Waals surface area contributed by atoms with Crippen LogP contribution < -0.4 is 10.6 Å². The SMILES string of the molecule is O=C(C=Cc1ccc(Cl)cc1Cl)Nc1ccc(NC(=O)c2ccco2)c(Cl)c1. The van der Waals surface area contributed by atoms with Crippen molar-refractivity contribution in [3.63, 3.8) is 0 Å². The molecule has 142 valence electrons.